The number of hydrazine groups is 1. The summed E-state index contributed by atoms with van der Waals surface area (Å²) in [6.07, 6.45) is 0. The van der Waals surface area contributed by atoms with Gasteiger partial charge in [-0.15, -0.1) is 0 Å². The summed E-state index contributed by atoms with van der Waals surface area (Å²) in [6, 6.07) is 7.82. The quantitative estimate of drug-likeness (QED) is 0.685. The summed E-state index contributed by atoms with van der Waals surface area (Å²) in [6.45, 7) is 1.67. The van der Waals surface area contributed by atoms with Gasteiger partial charge >= 0.3 is 0 Å². The molecule has 1 saturated heterocycles. The van der Waals surface area contributed by atoms with E-state index < -0.39 is 0 Å². The van der Waals surface area contributed by atoms with Crippen LogP contribution in [-0.2, 0) is 0 Å². The van der Waals surface area contributed by atoms with Gasteiger partial charge in [0.2, 0.25) is 0 Å². The molecule has 0 unspecified atom stereocenters. The molecule has 0 spiro atoms. The van der Waals surface area contributed by atoms with Crippen molar-refractivity contribution in [1.29, 1.82) is 0 Å². The van der Waals surface area contributed by atoms with Crippen molar-refractivity contribution >= 4 is 17.3 Å². The van der Waals surface area contributed by atoms with Gasteiger partial charge in [0.1, 0.15) is 0 Å². The second kappa shape index (κ2) is 3.31. The molecule has 64 valence electrons. The Bertz CT molecular complexity index is 254. The fourth-order valence-corrected chi connectivity index (χ4v) is 1.32. The molecular weight excluding hydrogens is 174 g/mol. The molecule has 1 aromatic carbocycles. The molecule has 0 radical (unpaired) electrons. The molecule has 0 atom stereocenters. The van der Waals surface area contributed by atoms with Gasteiger partial charge in [0.15, 0.2) is 0 Å². The van der Waals surface area contributed by atoms with Gasteiger partial charge in [-0.1, -0.05) is 11.6 Å². The first-order valence-electron chi connectivity index (χ1n) is 3.82. The summed E-state index contributed by atoms with van der Waals surface area (Å²) in [5, 5.41) is 0.777. The van der Waals surface area contributed by atoms with Crippen molar-refractivity contribution in [3.05, 3.63) is 29.3 Å². The molecule has 4 heteroatoms. The number of rotatable bonds is 1. The van der Waals surface area contributed by atoms with Crippen LogP contribution in [0.5, 0.6) is 0 Å². The molecule has 2 N–H and O–H groups in total. The Morgan fingerprint density at radius 3 is 2.25 bits per heavy atom. The molecule has 0 amide bonds. The maximum absolute atomic E-state index is 5.77. The fraction of sp³-hybridized carbons (Fsp3) is 0.250. The lowest BCUT2D eigenvalue weighted by atomic mass is 10.3. The molecule has 1 aliphatic heterocycles. The zero-order valence-corrected chi connectivity index (χ0v) is 7.30. The predicted molar refractivity (Wildman–Crippen MR) is 49.9 cm³/mol. The average Bonchev–Trinajstić information content (AvgIpc) is 2.58. The Kier molecular flexibility index (Phi) is 2.17. The van der Waals surface area contributed by atoms with Crippen molar-refractivity contribution < 1.29 is 0 Å². The number of anilines is 1. The molecule has 1 heterocycles. The smallest absolute Gasteiger partial charge is 0.0824 e. The van der Waals surface area contributed by atoms with E-state index in [0.29, 0.717) is 0 Å². The molecule has 0 aromatic heterocycles. The first-order chi connectivity index (χ1) is 5.86. The van der Waals surface area contributed by atoms with Crippen molar-refractivity contribution in [2.45, 2.75) is 0 Å². The predicted octanol–water partition coefficient (Wildman–Crippen LogP) is 1.17. The molecule has 1 fully saturated rings. The minimum Gasteiger partial charge on any atom is -0.344 e. The second-order valence-corrected chi connectivity index (χ2v) is 3.12. The molecule has 0 aliphatic carbocycles. The fourth-order valence-electron chi connectivity index (χ4n) is 1.19. The summed E-state index contributed by atoms with van der Waals surface area (Å²) in [5.74, 6) is 0. The first-order valence-corrected chi connectivity index (χ1v) is 4.20. The molecule has 12 heavy (non-hydrogen) atoms. The van der Waals surface area contributed by atoms with E-state index in [-0.39, 0.29) is 0 Å². The Labute approximate surface area is 76.3 Å². The van der Waals surface area contributed by atoms with Crippen LogP contribution in [0.2, 0.25) is 5.02 Å². The van der Waals surface area contributed by atoms with Crippen LogP contribution in [0.1, 0.15) is 0 Å². The number of halogens is 1. The van der Waals surface area contributed by atoms with Crippen LogP contribution in [0.4, 0.5) is 5.69 Å². The maximum atomic E-state index is 5.77. The van der Waals surface area contributed by atoms with Gasteiger partial charge in [-0.05, 0) is 24.3 Å². The van der Waals surface area contributed by atoms with Gasteiger partial charge in [0.05, 0.1) is 13.3 Å². The summed E-state index contributed by atoms with van der Waals surface area (Å²) in [4.78, 5) is 2.18. The minimum absolute atomic E-state index is 0.777. The Hall–Kier alpha value is -0.770. The van der Waals surface area contributed by atoms with Gasteiger partial charge in [0, 0.05) is 10.7 Å². The molecular formula is C8H10ClN3. The standard InChI is InChI=1S/C8H10ClN3/c9-7-1-3-8(4-2-7)12-5-10-11-6-12/h1-4,10-11H,5-6H2. The van der Waals surface area contributed by atoms with Crippen LogP contribution in [-0.4, -0.2) is 13.3 Å². The topological polar surface area (TPSA) is 27.3 Å². The van der Waals surface area contributed by atoms with Crippen LogP contribution < -0.4 is 15.8 Å². The zero-order chi connectivity index (χ0) is 8.39. The monoisotopic (exact) mass is 183 g/mol. The van der Waals surface area contributed by atoms with E-state index in [1.54, 1.807) is 0 Å². The highest BCUT2D eigenvalue weighted by Crippen LogP contribution is 2.17. The van der Waals surface area contributed by atoms with E-state index in [9.17, 15) is 0 Å². The highest BCUT2D eigenvalue weighted by molar-refractivity contribution is 6.30. The Morgan fingerprint density at radius 2 is 1.67 bits per heavy atom. The Morgan fingerprint density at radius 1 is 1.08 bits per heavy atom. The second-order valence-electron chi connectivity index (χ2n) is 2.69. The summed E-state index contributed by atoms with van der Waals surface area (Å²) < 4.78 is 0. The summed E-state index contributed by atoms with van der Waals surface area (Å²) >= 11 is 5.77. The van der Waals surface area contributed by atoms with Crippen LogP contribution in [0.3, 0.4) is 0 Å². The number of nitrogens with zero attached hydrogens (tertiary/aromatic N) is 1. The zero-order valence-electron chi connectivity index (χ0n) is 6.55. The van der Waals surface area contributed by atoms with Crippen molar-refractivity contribution in [1.82, 2.24) is 10.9 Å². The highest BCUT2D eigenvalue weighted by atomic mass is 35.5. The third-order valence-electron chi connectivity index (χ3n) is 1.86. The number of nitrogens with one attached hydrogen (secondary N) is 2. The lowest BCUT2D eigenvalue weighted by Gasteiger charge is -2.14. The molecule has 1 aliphatic rings. The lowest BCUT2D eigenvalue weighted by molar-refractivity contribution is 0.689. The van der Waals surface area contributed by atoms with Crippen molar-refractivity contribution in [2.75, 3.05) is 18.2 Å². The summed E-state index contributed by atoms with van der Waals surface area (Å²) in [7, 11) is 0. The van der Waals surface area contributed by atoms with Crippen LogP contribution in [0.25, 0.3) is 0 Å². The largest absolute Gasteiger partial charge is 0.344 e. The maximum Gasteiger partial charge on any atom is 0.0824 e. The lowest BCUT2D eigenvalue weighted by Crippen LogP contribution is -2.21. The van der Waals surface area contributed by atoms with Crippen LogP contribution >= 0.6 is 11.6 Å². The van der Waals surface area contributed by atoms with E-state index in [1.807, 2.05) is 24.3 Å². The van der Waals surface area contributed by atoms with Crippen LogP contribution in [0, 0.1) is 0 Å². The van der Waals surface area contributed by atoms with Gasteiger partial charge < -0.3 is 4.90 Å². The van der Waals surface area contributed by atoms with Gasteiger partial charge in [-0.25, -0.2) is 10.9 Å². The van der Waals surface area contributed by atoms with Gasteiger partial charge in [-0.3, -0.25) is 0 Å². The number of hydrogen-bond donors (Lipinski definition) is 2. The molecule has 0 bridgehead atoms. The van der Waals surface area contributed by atoms with Crippen LogP contribution in [0.15, 0.2) is 24.3 Å². The molecule has 2 rings (SSSR count). The van der Waals surface area contributed by atoms with Gasteiger partial charge in [0.25, 0.3) is 0 Å². The molecule has 1 aromatic rings. The van der Waals surface area contributed by atoms with E-state index in [2.05, 4.69) is 15.8 Å². The van der Waals surface area contributed by atoms with E-state index in [0.717, 1.165) is 18.4 Å². The van der Waals surface area contributed by atoms with E-state index in [4.69, 9.17) is 11.6 Å². The van der Waals surface area contributed by atoms with E-state index in [1.165, 1.54) is 5.69 Å². The average molecular weight is 184 g/mol. The van der Waals surface area contributed by atoms with Crippen molar-refractivity contribution in [3.63, 3.8) is 0 Å². The highest BCUT2D eigenvalue weighted by Gasteiger charge is 2.09. The third kappa shape index (κ3) is 1.53. The Balaban J connectivity index is 2.17. The normalized spacial score (nSPS) is 16.9. The number of benzene rings is 1. The first kappa shape index (κ1) is 7.86. The van der Waals surface area contributed by atoms with E-state index >= 15 is 0 Å². The van der Waals surface area contributed by atoms with Crippen molar-refractivity contribution in [2.24, 2.45) is 0 Å². The molecule has 0 saturated carbocycles. The third-order valence-corrected chi connectivity index (χ3v) is 2.11. The van der Waals surface area contributed by atoms with Crippen molar-refractivity contribution in [3.8, 4) is 0 Å². The number of hydrogen-bond acceptors (Lipinski definition) is 3. The summed E-state index contributed by atoms with van der Waals surface area (Å²) in [5.41, 5.74) is 7.23. The SMILES string of the molecule is Clc1ccc(N2CNNC2)cc1. The minimum atomic E-state index is 0.777. The van der Waals surface area contributed by atoms with Gasteiger partial charge in [-0.2, -0.15) is 0 Å². The molecule has 3 nitrogen and oxygen atoms in total.